The molecule has 558 valence electrons. The second-order valence-corrected chi connectivity index (χ2v) is 26.3. The number of carbonyl (C=O) groups excluding carboxylic acids is 12. The van der Waals surface area contributed by atoms with Gasteiger partial charge in [0, 0.05) is 98.2 Å². The molecular formula is C70H89N21O14. The number of aromatic hydroxyl groups is 1. The highest BCUT2D eigenvalue weighted by molar-refractivity contribution is 6.00. The van der Waals surface area contributed by atoms with Crippen LogP contribution in [0.15, 0.2) is 110 Å². The number of likely N-dealkylation sites (tertiary alicyclic amines) is 1. The lowest BCUT2D eigenvalue weighted by atomic mass is 9.99. The van der Waals surface area contributed by atoms with Crippen LogP contribution in [0.2, 0.25) is 0 Å². The minimum absolute atomic E-state index is 0.000937. The van der Waals surface area contributed by atoms with Crippen LogP contribution in [0.25, 0.3) is 21.8 Å². The molecule has 9 rings (SSSR count). The Hall–Kier alpha value is -12.2. The molecule has 2 aliphatic rings. The van der Waals surface area contributed by atoms with E-state index in [-0.39, 0.29) is 107 Å². The number of guanidine groups is 1. The number of nitrogens with one attached hydrogen (secondary N) is 16. The fourth-order valence-electron chi connectivity index (χ4n) is 12.6. The van der Waals surface area contributed by atoms with Gasteiger partial charge in [0.1, 0.15) is 66.2 Å². The topological polar surface area (TPSA) is 546 Å². The Labute approximate surface area is 601 Å². The highest BCUT2D eigenvalue weighted by Crippen LogP contribution is 2.24. The van der Waals surface area contributed by atoms with E-state index >= 15 is 9.59 Å². The number of phenols is 1. The highest BCUT2D eigenvalue weighted by atomic mass is 16.3. The molecule has 0 unspecified atom stereocenters. The minimum atomic E-state index is -1.86. The number of hydrogen-bond donors (Lipinski definition) is 20. The van der Waals surface area contributed by atoms with Crippen molar-refractivity contribution in [2.45, 2.75) is 151 Å². The fraction of sp³-hybridized carbons (Fsp3) is 0.414. The molecule has 0 spiro atoms. The predicted octanol–water partition coefficient (Wildman–Crippen LogP) is -2.63. The SMILES string of the molecule is CC(C)C[C@H](NC(=O)[C@@H](Cc1c[nH]c2ccccc12)NC(=O)[C@H](Cc1ccc(O)cc1)NC(=O)[C@H](CO)NC(=O)[C@H](Cc1c[nH]c2ccccc12)NC(=O)[C@H](Cc1c[nH]cn1)NC(=O)[C@H](Cc1c[nH]cn1)NC(=O)[C@@H]1CCC(=O)N1)C(=O)N[C@@H](CCCNC(=N)N)C(=O)N1CCC[C@H]1C(=O)NCC(N)=O. The van der Waals surface area contributed by atoms with E-state index < -0.39 is 139 Å². The van der Waals surface area contributed by atoms with Crippen LogP contribution in [0.4, 0.5) is 0 Å². The maximum Gasteiger partial charge on any atom is 0.245 e. The van der Waals surface area contributed by atoms with Crippen LogP contribution in [0.1, 0.15) is 86.9 Å². The second-order valence-electron chi connectivity index (χ2n) is 26.3. The first kappa shape index (κ1) is 77.0. The number of aromatic amines is 4. The molecule has 35 nitrogen and oxygen atoms in total. The number of phenolic OH excluding ortho intramolecular Hbond substituents is 1. The number of hydrogen-bond acceptors (Lipinski definition) is 17. The molecule has 0 saturated carbocycles. The average Bonchev–Trinajstić information content (AvgIpc) is 1.76. The van der Waals surface area contributed by atoms with Gasteiger partial charge < -0.3 is 105 Å². The number of H-pyrrole nitrogens is 4. The van der Waals surface area contributed by atoms with Gasteiger partial charge in [-0.15, -0.1) is 0 Å². The van der Waals surface area contributed by atoms with E-state index in [2.05, 4.69) is 88.4 Å². The zero-order valence-corrected chi connectivity index (χ0v) is 57.8. The summed E-state index contributed by atoms with van der Waals surface area (Å²) in [6, 6.07) is 5.82. The number of benzene rings is 3. The van der Waals surface area contributed by atoms with E-state index in [9.17, 15) is 58.2 Å². The van der Waals surface area contributed by atoms with Crippen LogP contribution in [0.3, 0.4) is 0 Å². The van der Waals surface area contributed by atoms with Crippen LogP contribution in [-0.4, -0.2) is 209 Å². The molecule has 22 N–H and O–H groups in total. The Morgan fingerprint density at radius 1 is 0.581 bits per heavy atom. The predicted molar refractivity (Wildman–Crippen MR) is 380 cm³/mol. The van der Waals surface area contributed by atoms with Crippen molar-refractivity contribution in [2.75, 3.05) is 26.2 Å². The number of fused-ring (bicyclic) bond motifs is 2. The average molecular weight is 1450 g/mol. The Morgan fingerprint density at radius 3 is 1.56 bits per heavy atom. The van der Waals surface area contributed by atoms with Gasteiger partial charge in [0.2, 0.25) is 70.9 Å². The number of nitrogens with two attached hydrogens (primary N) is 2. The lowest BCUT2D eigenvalue weighted by Crippen LogP contribution is -2.62. The lowest BCUT2D eigenvalue weighted by molar-refractivity contribution is -0.142. The van der Waals surface area contributed by atoms with Crippen LogP contribution in [-0.2, 0) is 89.6 Å². The van der Waals surface area contributed by atoms with E-state index in [1.807, 2.05) is 0 Å². The van der Waals surface area contributed by atoms with E-state index in [1.54, 1.807) is 74.8 Å². The maximum absolute atomic E-state index is 15.2. The molecule has 2 fully saturated rings. The van der Waals surface area contributed by atoms with Crippen molar-refractivity contribution in [2.24, 2.45) is 17.4 Å². The van der Waals surface area contributed by atoms with Gasteiger partial charge in [0.15, 0.2) is 5.96 Å². The molecule has 0 aliphatic carbocycles. The molecule has 12 amide bonds. The molecule has 4 aromatic heterocycles. The number of amides is 12. The number of nitrogens with zero attached hydrogens (tertiary/aromatic N) is 3. The van der Waals surface area contributed by atoms with Gasteiger partial charge in [-0.3, -0.25) is 62.9 Å². The van der Waals surface area contributed by atoms with Crippen molar-refractivity contribution in [3.63, 3.8) is 0 Å². The molecular weight excluding hydrogens is 1360 g/mol. The monoisotopic (exact) mass is 1450 g/mol. The summed E-state index contributed by atoms with van der Waals surface area (Å²) in [4.78, 5) is 191. The first-order chi connectivity index (χ1) is 50.4. The first-order valence-corrected chi connectivity index (χ1v) is 34.5. The Balaban J connectivity index is 0.971. The number of primary amides is 1. The van der Waals surface area contributed by atoms with Crippen LogP contribution < -0.4 is 70.0 Å². The molecule has 2 aliphatic heterocycles. The largest absolute Gasteiger partial charge is 0.508 e. The summed E-state index contributed by atoms with van der Waals surface area (Å²) in [5.74, 6) is -10.4. The summed E-state index contributed by atoms with van der Waals surface area (Å²) in [7, 11) is 0. The quantitative estimate of drug-likeness (QED) is 0.0108. The van der Waals surface area contributed by atoms with E-state index in [0.717, 1.165) is 0 Å². The van der Waals surface area contributed by atoms with Gasteiger partial charge in [0.25, 0.3) is 0 Å². The molecule has 3 aromatic carbocycles. The summed E-state index contributed by atoms with van der Waals surface area (Å²) in [5, 5.41) is 59.7. The molecule has 0 bridgehead atoms. The lowest BCUT2D eigenvalue weighted by Gasteiger charge is -2.30. The summed E-state index contributed by atoms with van der Waals surface area (Å²) in [5.41, 5.74) is 14.3. The van der Waals surface area contributed by atoms with Crippen LogP contribution in [0.5, 0.6) is 5.75 Å². The van der Waals surface area contributed by atoms with Gasteiger partial charge in [-0.2, -0.15) is 0 Å². The Bertz CT molecular complexity index is 4230. The number of rotatable bonds is 37. The van der Waals surface area contributed by atoms with Crippen molar-refractivity contribution in [3.8, 4) is 5.75 Å². The third kappa shape index (κ3) is 21.7. The van der Waals surface area contributed by atoms with Gasteiger partial charge in [0.05, 0.1) is 37.2 Å². The van der Waals surface area contributed by atoms with Crippen molar-refractivity contribution >= 4 is 98.7 Å². The van der Waals surface area contributed by atoms with Crippen LogP contribution >= 0.6 is 0 Å². The number of aromatic nitrogens is 6. The third-order valence-corrected chi connectivity index (χ3v) is 18.0. The molecule has 7 aromatic rings. The zero-order valence-electron chi connectivity index (χ0n) is 57.8. The van der Waals surface area contributed by atoms with E-state index in [1.165, 1.54) is 54.2 Å². The van der Waals surface area contributed by atoms with Gasteiger partial charge in [-0.1, -0.05) is 62.4 Å². The Morgan fingerprint density at radius 2 is 1.07 bits per heavy atom. The molecule has 6 heterocycles. The number of para-hydroxylation sites is 2. The molecule has 35 heteroatoms. The number of aliphatic hydroxyl groups excluding tert-OH is 1. The molecule has 0 radical (unpaired) electrons. The summed E-state index contributed by atoms with van der Waals surface area (Å²) < 4.78 is 0. The van der Waals surface area contributed by atoms with Gasteiger partial charge >= 0.3 is 0 Å². The smallest absolute Gasteiger partial charge is 0.245 e. The van der Waals surface area contributed by atoms with E-state index in [0.29, 0.717) is 56.3 Å². The van der Waals surface area contributed by atoms with Gasteiger partial charge in [-0.25, -0.2) is 9.97 Å². The molecule has 10 atom stereocenters. The standard InChI is InChI=1S/C70H89N21O14/c1-37(2)23-50(61(97)83-49(13-7-21-76-70(72)73)69(105)91-22-8-14-57(91)68(104)79-33-58(71)94)84-63(99)52(25-39-29-77-46-11-5-3-9-44(39)46)86-62(98)51(24-38-15-17-43(93)18-16-38)85-67(103)56(34-92)90-64(100)53(26-40-30-78-47-12-6-4-10-45(40)47)87-65(101)55(28-42-32-75-36-81-42)89-66(102)54(27-41-31-74-35-80-41)88-60(96)48-19-20-59(95)82-48/h3-6,9-12,15-18,29-32,35-37,48-57,77-78,92-93H,7-8,13-14,19-28,33-34H2,1-2H3,(H2,71,94)(H,74,80)(H,75,81)(H,79,104)(H,82,95)(H,83,97)(H,84,99)(H,85,103)(H,86,98)(H,87,101)(H,88,96)(H,89,102)(H,90,100)(H4,72,73,76)/t48-,49-,50-,51-,52+,53-,54-,55-,56-,57-/m0/s1. The summed E-state index contributed by atoms with van der Waals surface area (Å²) in [6.45, 7) is 2.29. The fourth-order valence-corrected chi connectivity index (χ4v) is 12.6. The van der Waals surface area contributed by atoms with Crippen molar-refractivity contribution in [3.05, 3.63) is 138 Å². The zero-order chi connectivity index (χ0) is 75.3. The third-order valence-electron chi connectivity index (χ3n) is 18.0. The van der Waals surface area contributed by atoms with Crippen molar-refractivity contribution < 1.29 is 67.7 Å². The summed E-state index contributed by atoms with van der Waals surface area (Å²) in [6.07, 6.45) is 8.89. The Kier molecular flexibility index (Phi) is 26.9. The van der Waals surface area contributed by atoms with Gasteiger partial charge in [-0.05, 0) is 85.4 Å². The highest BCUT2D eigenvalue weighted by Gasteiger charge is 2.41. The number of imidazole rings is 2. The second kappa shape index (κ2) is 36.6. The number of aliphatic hydroxyl groups is 1. The number of carbonyl (C=O) groups is 12. The summed E-state index contributed by atoms with van der Waals surface area (Å²) >= 11 is 0. The van der Waals surface area contributed by atoms with Crippen molar-refractivity contribution in [1.82, 2.24) is 93.3 Å². The first-order valence-electron chi connectivity index (χ1n) is 34.5. The van der Waals surface area contributed by atoms with Crippen LogP contribution in [0, 0.1) is 11.3 Å². The molecule has 105 heavy (non-hydrogen) atoms. The maximum atomic E-state index is 15.2. The van der Waals surface area contributed by atoms with Crippen molar-refractivity contribution in [1.29, 1.82) is 5.41 Å². The minimum Gasteiger partial charge on any atom is -0.508 e. The normalized spacial score (nSPS) is 16.4. The molecule has 2 saturated heterocycles. The van der Waals surface area contributed by atoms with E-state index in [4.69, 9.17) is 16.9 Å².